The van der Waals surface area contributed by atoms with Crippen LogP contribution in [-0.2, 0) is 35.1 Å². The number of hydrogen-bond acceptors (Lipinski definition) is 10. The molecule has 0 radical (unpaired) electrons. The molecule has 320 valence electrons. The summed E-state index contributed by atoms with van der Waals surface area (Å²) in [5, 5.41) is 8.49. The van der Waals surface area contributed by atoms with Crippen molar-refractivity contribution in [1.29, 1.82) is 0 Å². The topological polar surface area (TPSA) is 147 Å². The summed E-state index contributed by atoms with van der Waals surface area (Å²) in [5.74, 6) is -1.90. The molecular weight excluding hydrogens is 755 g/mol. The van der Waals surface area contributed by atoms with Gasteiger partial charge in [-0.1, -0.05) is 78.3 Å². The van der Waals surface area contributed by atoms with E-state index in [2.05, 4.69) is 41.3 Å². The number of piperidine rings is 1. The standard InChI is InChI=1S/C45H67N5O7S/c1-28(2)35(50(9)41(54)37(44-25-45(26-44,27-44)43(5,6)7)48-39(53)34-18-14-15-21-49(34)8)23-36(57-30(4)51)40-47-33(24-58-40)38(52)46-32(22-29(3)42(55)56-10)20-19-31-16-12-11-13-17-31/h11-13,16-17,24,28-29,32,34-37H,14-15,18-23,25-27H2,1-10H3,(H,46,52)(H,48,53)/t29-,32-,34+,35+,36+,37+,44?,45?/m0/s1. The minimum absolute atomic E-state index is 0.0355. The molecule has 58 heavy (non-hydrogen) atoms. The highest BCUT2D eigenvalue weighted by molar-refractivity contribution is 7.09. The molecule has 3 amide bonds. The molecule has 1 aromatic heterocycles. The number of aryl methyl sites for hydroxylation is 1. The van der Waals surface area contributed by atoms with Gasteiger partial charge in [-0.3, -0.25) is 28.9 Å². The van der Waals surface area contributed by atoms with E-state index in [1.54, 1.807) is 24.3 Å². The van der Waals surface area contributed by atoms with E-state index in [9.17, 15) is 24.0 Å². The summed E-state index contributed by atoms with van der Waals surface area (Å²) in [6.45, 7) is 14.8. The lowest BCUT2D eigenvalue weighted by atomic mass is 9.28. The third-order valence-corrected chi connectivity index (χ3v) is 14.4. The molecule has 6 atom stereocenters. The van der Waals surface area contributed by atoms with Gasteiger partial charge in [0.1, 0.15) is 16.7 Å². The molecule has 4 aliphatic rings. The molecule has 13 heteroatoms. The van der Waals surface area contributed by atoms with Gasteiger partial charge in [0.15, 0.2) is 6.10 Å². The number of ether oxygens (including phenoxy) is 2. The van der Waals surface area contributed by atoms with Crippen LogP contribution in [-0.4, -0.2) is 96.4 Å². The fourth-order valence-electron chi connectivity index (χ4n) is 9.71. The minimum Gasteiger partial charge on any atom is -0.469 e. The summed E-state index contributed by atoms with van der Waals surface area (Å²) in [6.07, 6.45) is 6.66. The highest BCUT2D eigenvalue weighted by Gasteiger charge is 2.75. The van der Waals surface area contributed by atoms with Gasteiger partial charge in [0.05, 0.1) is 19.1 Å². The second-order valence-corrected chi connectivity index (χ2v) is 19.8. The fraction of sp³-hybridized carbons (Fsp3) is 0.689. The van der Waals surface area contributed by atoms with Crippen molar-refractivity contribution in [1.82, 2.24) is 25.4 Å². The Morgan fingerprint density at radius 3 is 2.28 bits per heavy atom. The second-order valence-electron chi connectivity index (χ2n) is 18.9. The van der Waals surface area contributed by atoms with Crippen molar-refractivity contribution in [2.75, 3.05) is 27.7 Å². The Morgan fingerprint density at radius 2 is 1.69 bits per heavy atom. The van der Waals surface area contributed by atoms with Crippen LogP contribution in [0, 0.1) is 28.1 Å². The zero-order valence-corrected chi connectivity index (χ0v) is 37.2. The number of nitrogens with one attached hydrogen (secondary N) is 2. The zero-order chi connectivity index (χ0) is 42.6. The number of amides is 3. The summed E-state index contributed by atoms with van der Waals surface area (Å²) in [4.78, 5) is 75.8. The highest BCUT2D eigenvalue weighted by atomic mass is 32.1. The van der Waals surface area contributed by atoms with E-state index in [1.165, 1.54) is 25.4 Å². The molecule has 1 aliphatic heterocycles. The van der Waals surface area contributed by atoms with Gasteiger partial charge in [0, 0.05) is 43.3 Å². The van der Waals surface area contributed by atoms with Gasteiger partial charge in [0.25, 0.3) is 5.91 Å². The van der Waals surface area contributed by atoms with Gasteiger partial charge >= 0.3 is 11.9 Å². The molecule has 3 aliphatic carbocycles. The SMILES string of the molecule is COC(=O)[C@@H](C)C[C@H](CCc1ccccc1)NC(=O)c1csc([C@@H](C[C@H](C(C)C)N(C)C(=O)[C@@H](NC(=O)[C@H]2CCCCN2C)C23CC(C(C)(C)C)(C2)C3)OC(C)=O)n1. The number of rotatable bonds is 18. The Labute approximate surface area is 349 Å². The minimum atomic E-state index is -0.817. The molecule has 0 spiro atoms. The maximum Gasteiger partial charge on any atom is 0.308 e. The van der Waals surface area contributed by atoms with Gasteiger partial charge in [-0.15, -0.1) is 11.3 Å². The fourth-order valence-corrected chi connectivity index (χ4v) is 10.6. The molecule has 4 fully saturated rings. The van der Waals surface area contributed by atoms with Crippen LogP contribution in [0.4, 0.5) is 0 Å². The van der Waals surface area contributed by atoms with Crippen molar-refractivity contribution in [2.45, 2.75) is 143 Å². The average Bonchev–Trinajstić information content (AvgIpc) is 3.63. The smallest absolute Gasteiger partial charge is 0.308 e. The van der Waals surface area contributed by atoms with E-state index in [4.69, 9.17) is 9.47 Å². The Balaban J connectivity index is 1.33. The van der Waals surface area contributed by atoms with Crippen LogP contribution in [0.5, 0.6) is 0 Å². The van der Waals surface area contributed by atoms with E-state index < -0.39 is 24.0 Å². The lowest BCUT2D eigenvalue weighted by Crippen LogP contribution is -2.76. The first-order valence-electron chi connectivity index (χ1n) is 21.1. The summed E-state index contributed by atoms with van der Waals surface area (Å²) in [7, 11) is 5.13. The van der Waals surface area contributed by atoms with Crippen molar-refractivity contribution in [3.63, 3.8) is 0 Å². The summed E-state index contributed by atoms with van der Waals surface area (Å²) < 4.78 is 10.8. The molecule has 12 nitrogen and oxygen atoms in total. The number of aromatic nitrogens is 1. The summed E-state index contributed by atoms with van der Waals surface area (Å²) in [6, 6.07) is 8.34. The number of esters is 2. The summed E-state index contributed by atoms with van der Waals surface area (Å²) in [5.41, 5.74) is 1.30. The van der Waals surface area contributed by atoms with Crippen LogP contribution in [0.15, 0.2) is 35.7 Å². The first kappa shape index (κ1) is 45.2. The first-order valence-corrected chi connectivity index (χ1v) is 22.0. The lowest BCUT2D eigenvalue weighted by molar-refractivity contribution is -0.270. The molecule has 6 rings (SSSR count). The Morgan fingerprint density at radius 1 is 1.02 bits per heavy atom. The molecule has 0 unspecified atom stereocenters. The maximum atomic E-state index is 14.8. The number of hydrogen-bond donors (Lipinski definition) is 2. The van der Waals surface area contributed by atoms with Crippen molar-refractivity contribution in [3.8, 4) is 0 Å². The Hall–Kier alpha value is -3.84. The normalized spacial score (nSPS) is 24.2. The molecule has 2 heterocycles. The van der Waals surface area contributed by atoms with Crippen LogP contribution in [0.2, 0.25) is 0 Å². The predicted molar refractivity (Wildman–Crippen MR) is 225 cm³/mol. The van der Waals surface area contributed by atoms with Crippen LogP contribution in [0.1, 0.15) is 133 Å². The Bertz CT molecular complexity index is 1750. The molecule has 2 bridgehead atoms. The molecule has 3 saturated carbocycles. The maximum absolute atomic E-state index is 14.8. The molecule has 1 saturated heterocycles. The largest absolute Gasteiger partial charge is 0.469 e. The number of likely N-dealkylation sites (tertiary alicyclic amines) is 1. The lowest BCUT2D eigenvalue weighted by Gasteiger charge is -2.77. The number of thiazole rings is 1. The number of methoxy groups -OCH3 is 1. The molecular formula is C45H67N5O7S. The van der Waals surface area contributed by atoms with Gasteiger partial charge in [-0.05, 0) is 87.3 Å². The number of benzene rings is 1. The van der Waals surface area contributed by atoms with Gasteiger partial charge in [-0.25, -0.2) is 4.98 Å². The third-order valence-electron chi connectivity index (χ3n) is 13.5. The van der Waals surface area contributed by atoms with E-state index in [0.29, 0.717) is 24.3 Å². The van der Waals surface area contributed by atoms with E-state index in [0.717, 1.165) is 50.6 Å². The van der Waals surface area contributed by atoms with E-state index in [1.807, 2.05) is 51.2 Å². The Kier molecular flexibility index (Phi) is 14.5. The number of carbonyl (C=O) groups excluding carboxylic acids is 5. The average molecular weight is 822 g/mol. The number of carbonyl (C=O) groups is 5. The third kappa shape index (κ3) is 10.1. The first-order chi connectivity index (χ1) is 27.3. The zero-order valence-electron chi connectivity index (χ0n) is 36.4. The quantitative estimate of drug-likeness (QED) is 0.156. The monoisotopic (exact) mass is 821 g/mol. The highest BCUT2D eigenvalue weighted by Crippen LogP contribution is 2.80. The summed E-state index contributed by atoms with van der Waals surface area (Å²) >= 11 is 1.23. The molecule has 1 aromatic carbocycles. The van der Waals surface area contributed by atoms with Crippen molar-refractivity contribution in [2.24, 2.45) is 28.1 Å². The number of nitrogens with zero attached hydrogens (tertiary/aromatic N) is 3. The van der Waals surface area contributed by atoms with Crippen LogP contribution < -0.4 is 10.6 Å². The van der Waals surface area contributed by atoms with Gasteiger partial charge in [0.2, 0.25) is 11.8 Å². The van der Waals surface area contributed by atoms with Crippen molar-refractivity contribution in [3.05, 3.63) is 52.0 Å². The predicted octanol–water partition coefficient (Wildman–Crippen LogP) is 6.74. The molecule has 2 N–H and O–H groups in total. The van der Waals surface area contributed by atoms with Gasteiger partial charge in [-0.2, -0.15) is 0 Å². The second kappa shape index (κ2) is 18.6. The van der Waals surface area contributed by atoms with Crippen LogP contribution in [0.3, 0.4) is 0 Å². The van der Waals surface area contributed by atoms with Crippen LogP contribution in [0.25, 0.3) is 0 Å². The molecule has 2 aromatic rings. The van der Waals surface area contributed by atoms with Crippen molar-refractivity contribution >= 4 is 41.0 Å². The van der Waals surface area contributed by atoms with Crippen molar-refractivity contribution < 1.29 is 33.4 Å². The number of likely N-dealkylation sites (N-methyl/N-ethyl adjacent to an activating group) is 2. The van der Waals surface area contributed by atoms with E-state index >= 15 is 0 Å². The van der Waals surface area contributed by atoms with E-state index in [-0.39, 0.29) is 76.1 Å². The van der Waals surface area contributed by atoms with Crippen LogP contribution >= 0.6 is 11.3 Å². The van der Waals surface area contributed by atoms with Gasteiger partial charge < -0.3 is 25.0 Å².